The molecule has 0 saturated heterocycles. The van der Waals surface area contributed by atoms with E-state index in [1.54, 1.807) is 12.1 Å². The Morgan fingerprint density at radius 1 is 0.857 bits per heavy atom. The molecule has 0 spiro atoms. The third-order valence-corrected chi connectivity index (χ3v) is 2.59. The summed E-state index contributed by atoms with van der Waals surface area (Å²) >= 11 is 0. The van der Waals surface area contributed by atoms with E-state index in [9.17, 15) is 9.59 Å². The monoisotopic (exact) mass is 294 g/mol. The van der Waals surface area contributed by atoms with E-state index in [-0.39, 0.29) is 24.7 Å². The number of methoxy groups -OCH3 is 2. The fourth-order valence-corrected chi connectivity index (χ4v) is 1.58. The van der Waals surface area contributed by atoms with Gasteiger partial charge in [0.2, 0.25) is 11.5 Å². The molecule has 0 bridgehead atoms. The predicted molar refractivity (Wildman–Crippen MR) is 68.6 cm³/mol. The Hall–Kier alpha value is -2.54. The lowest BCUT2D eigenvalue weighted by molar-refractivity contribution is 0.0530. The van der Waals surface area contributed by atoms with E-state index >= 15 is 0 Å². The first-order valence-electron chi connectivity index (χ1n) is 6.06. The summed E-state index contributed by atoms with van der Waals surface area (Å²) in [5, 5.41) is 0. The third kappa shape index (κ3) is 3.73. The molecule has 7 nitrogen and oxygen atoms in total. The molecule has 21 heavy (non-hydrogen) atoms. The van der Waals surface area contributed by atoms with Gasteiger partial charge in [0.15, 0.2) is 0 Å². The summed E-state index contributed by atoms with van der Waals surface area (Å²) in [7, 11) is 2.55. The Balaban J connectivity index is 1.84. The number of hydrogen-bond acceptors (Lipinski definition) is 7. The van der Waals surface area contributed by atoms with Crippen molar-refractivity contribution in [1.82, 2.24) is 0 Å². The Morgan fingerprint density at radius 3 is 1.67 bits per heavy atom. The highest BCUT2D eigenvalue weighted by atomic mass is 16.5. The van der Waals surface area contributed by atoms with Gasteiger partial charge in [-0.1, -0.05) is 0 Å². The number of rotatable bonds is 6. The van der Waals surface area contributed by atoms with Crippen molar-refractivity contribution in [3.63, 3.8) is 0 Å². The molecule has 2 heterocycles. The summed E-state index contributed by atoms with van der Waals surface area (Å²) in [6.07, 6.45) is 0. The van der Waals surface area contributed by atoms with Gasteiger partial charge >= 0.3 is 11.9 Å². The minimum Gasteiger partial charge on any atom is -0.463 e. The molecule has 0 atom stereocenters. The molecule has 0 unspecified atom stereocenters. The number of carbonyl (C=O) groups is 2. The van der Waals surface area contributed by atoms with Crippen LogP contribution in [0.3, 0.4) is 0 Å². The maximum atomic E-state index is 11.2. The standard InChI is InChI=1S/C14H14O7/c1-17-13(15)11-5-3-9(20-11)7-19-8-10-4-6-12(21-10)14(16)18-2/h3-6H,7-8H2,1-2H3. The molecule has 7 heteroatoms. The number of ether oxygens (including phenoxy) is 3. The van der Waals surface area contributed by atoms with E-state index in [1.165, 1.54) is 26.4 Å². The molecular weight excluding hydrogens is 280 g/mol. The zero-order chi connectivity index (χ0) is 15.2. The van der Waals surface area contributed by atoms with Crippen molar-refractivity contribution < 1.29 is 32.6 Å². The summed E-state index contributed by atoms with van der Waals surface area (Å²) in [5.41, 5.74) is 0. The van der Waals surface area contributed by atoms with Gasteiger partial charge in [-0.15, -0.1) is 0 Å². The summed E-state index contributed by atoms with van der Waals surface area (Å²) in [4.78, 5) is 22.4. The zero-order valence-electron chi connectivity index (χ0n) is 11.6. The van der Waals surface area contributed by atoms with Crippen molar-refractivity contribution >= 4 is 11.9 Å². The zero-order valence-corrected chi connectivity index (χ0v) is 11.6. The molecule has 0 aromatic carbocycles. The molecule has 0 amide bonds. The Kier molecular flexibility index (Phi) is 4.78. The molecule has 2 aromatic heterocycles. The summed E-state index contributed by atoms with van der Waals surface area (Å²) in [6, 6.07) is 6.25. The van der Waals surface area contributed by atoms with Crippen LogP contribution in [0.15, 0.2) is 33.1 Å². The SMILES string of the molecule is COC(=O)c1ccc(COCc2ccc(C(=O)OC)o2)o1. The highest BCUT2D eigenvalue weighted by molar-refractivity contribution is 5.86. The van der Waals surface area contributed by atoms with Crippen LogP contribution in [0.5, 0.6) is 0 Å². The Labute approximate surface area is 120 Å². The van der Waals surface area contributed by atoms with Crippen LogP contribution in [-0.4, -0.2) is 26.2 Å². The Morgan fingerprint density at radius 2 is 1.29 bits per heavy atom. The van der Waals surface area contributed by atoms with Crippen LogP contribution in [-0.2, 0) is 27.4 Å². The lowest BCUT2D eigenvalue weighted by Crippen LogP contribution is -1.99. The number of carbonyl (C=O) groups excluding carboxylic acids is 2. The van der Waals surface area contributed by atoms with E-state index < -0.39 is 11.9 Å². The van der Waals surface area contributed by atoms with Gasteiger partial charge in [0, 0.05) is 0 Å². The van der Waals surface area contributed by atoms with E-state index in [0.29, 0.717) is 11.5 Å². The molecule has 2 aromatic rings. The van der Waals surface area contributed by atoms with Gasteiger partial charge in [0.05, 0.1) is 14.2 Å². The quantitative estimate of drug-likeness (QED) is 0.754. The van der Waals surface area contributed by atoms with Crippen LogP contribution in [0.25, 0.3) is 0 Å². The number of esters is 2. The van der Waals surface area contributed by atoms with Gasteiger partial charge in [-0.25, -0.2) is 9.59 Å². The molecule has 112 valence electrons. The summed E-state index contributed by atoms with van der Waals surface area (Å²) in [5.74, 6) is 0.0967. The van der Waals surface area contributed by atoms with Crippen LogP contribution in [0, 0.1) is 0 Å². The van der Waals surface area contributed by atoms with Crippen LogP contribution >= 0.6 is 0 Å². The fraction of sp³-hybridized carbons (Fsp3) is 0.286. The average molecular weight is 294 g/mol. The van der Waals surface area contributed by atoms with Crippen molar-refractivity contribution in [2.45, 2.75) is 13.2 Å². The van der Waals surface area contributed by atoms with Crippen molar-refractivity contribution in [3.8, 4) is 0 Å². The maximum Gasteiger partial charge on any atom is 0.373 e. The largest absolute Gasteiger partial charge is 0.463 e. The van der Waals surface area contributed by atoms with E-state index in [4.69, 9.17) is 13.6 Å². The lowest BCUT2D eigenvalue weighted by atomic mass is 10.4. The second-order valence-corrected chi connectivity index (χ2v) is 4.01. The minimum absolute atomic E-state index is 0.113. The van der Waals surface area contributed by atoms with Gasteiger partial charge in [-0.2, -0.15) is 0 Å². The van der Waals surface area contributed by atoms with Gasteiger partial charge in [-0.3, -0.25) is 0 Å². The molecule has 0 N–H and O–H groups in total. The molecule has 0 fully saturated rings. The first kappa shape index (κ1) is 14.9. The number of furan rings is 2. The molecule has 2 rings (SSSR count). The minimum atomic E-state index is -0.546. The van der Waals surface area contributed by atoms with Crippen molar-refractivity contribution in [3.05, 3.63) is 47.3 Å². The molecular formula is C14H14O7. The fourth-order valence-electron chi connectivity index (χ4n) is 1.58. The maximum absolute atomic E-state index is 11.2. The van der Waals surface area contributed by atoms with Crippen LogP contribution in [0.1, 0.15) is 32.6 Å². The van der Waals surface area contributed by atoms with Gasteiger partial charge < -0.3 is 23.0 Å². The van der Waals surface area contributed by atoms with Crippen LogP contribution < -0.4 is 0 Å². The first-order valence-corrected chi connectivity index (χ1v) is 6.06. The highest BCUT2D eigenvalue weighted by Gasteiger charge is 2.13. The topological polar surface area (TPSA) is 88.1 Å². The number of hydrogen-bond donors (Lipinski definition) is 0. The van der Waals surface area contributed by atoms with E-state index in [1.807, 2.05) is 0 Å². The van der Waals surface area contributed by atoms with Gasteiger partial charge in [-0.05, 0) is 24.3 Å². The third-order valence-electron chi connectivity index (χ3n) is 2.59. The van der Waals surface area contributed by atoms with Crippen LogP contribution in [0.2, 0.25) is 0 Å². The van der Waals surface area contributed by atoms with Crippen LogP contribution in [0.4, 0.5) is 0 Å². The van der Waals surface area contributed by atoms with E-state index in [2.05, 4.69) is 9.47 Å². The smallest absolute Gasteiger partial charge is 0.373 e. The Bertz CT molecular complexity index is 569. The predicted octanol–water partition coefficient (Wildman–Crippen LogP) is 2.16. The molecule has 0 aliphatic heterocycles. The average Bonchev–Trinajstić information content (AvgIpc) is 3.15. The van der Waals surface area contributed by atoms with Gasteiger partial charge in [0.25, 0.3) is 0 Å². The molecule has 0 aliphatic rings. The highest BCUT2D eigenvalue weighted by Crippen LogP contribution is 2.13. The molecule has 0 radical (unpaired) electrons. The summed E-state index contributed by atoms with van der Waals surface area (Å²) in [6.45, 7) is 0.316. The second kappa shape index (κ2) is 6.76. The van der Waals surface area contributed by atoms with Crippen molar-refractivity contribution in [2.75, 3.05) is 14.2 Å². The van der Waals surface area contributed by atoms with Crippen molar-refractivity contribution in [2.24, 2.45) is 0 Å². The van der Waals surface area contributed by atoms with Gasteiger partial charge in [0.1, 0.15) is 24.7 Å². The first-order chi connectivity index (χ1) is 10.1. The van der Waals surface area contributed by atoms with E-state index in [0.717, 1.165) is 0 Å². The molecule has 0 saturated carbocycles. The lowest BCUT2D eigenvalue weighted by Gasteiger charge is -1.99. The normalized spacial score (nSPS) is 10.4. The van der Waals surface area contributed by atoms with Crippen molar-refractivity contribution in [1.29, 1.82) is 0 Å². The molecule has 0 aliphatic carbocycles. The summed E-state index contributed by atoms with van der Waals surface area (Å²) < 4.78 is 24.9. The second-order valence-electron chi connectivity index (χ2n) is 4.01.